The zero-order chi connectivity index (χ0) is 15.6. The molecule has 0 saturated carbocycles. The molecule has 0 radical (unpaired) electrons. The molecule has 114 valence electrons. The van der Waals surface area contributed by atoms with Crippen LogP contribution in [0.5, 0.6) is 0 Å². The van der Waals surface area contributed by atoms with Crippen LogP contribution in [0.2, 0.25) is 0 Å². The summed E-state index contributed by atoms with van der Waals surface area (Å²) in [5.41, 5.74) is 2.95. The number of likely N-dealkylation sites (tertiary alicyclic amines) is 1. The number of para-hydroxylation sites is 1. The number of benzene rings is 1. The highest BCUT2D eigenvalue weighted by Crippen LogP contribution is 2.26. The number of aryl methyl sites for hydroxylation is 2. The molecule has 1 aliphatic rings. The van der Waals surface area contributed by atoms with E-state index in [2.05, 4.69) is 5.32 Å². The molecule has 21 heavy (non-hydrogen) atoms. The Balaban J connectivity index is 2.11. The van der Waals surface area contributed by atoms with Gasteiger partial charge >= 0.3 is 12.0 Å². The number of carbonyl (C=O) groups excluding carboxylic acids is 1. The van der Waals surface area contributed by atoms with Crippen LogP contribution in [-0.2, 0) is 11.2 Å². The minimum atomic E-state index is -0.831. The van der Waals surface area contributed by atoms with Crippen molar-refractivity contribution in [2.24, 2.45) is 11.8 Å². The van der Waals surface area contributed by atoms with Gasteiger partial charge in [0.2, 0.25) is 0 Å². The van der Waals surface area contributed by atoms with E-state index in [0.717, 1.165) is 23.2 Å². The standard InChI is InChI=1S/C16H22N2O3/c1-4-12-7-5-6-10(2)14(12)17-16(21)18-8-11(3)13(9-18)15(19)20/h5-7,11,13H,4,8-9H2,1-3H3,(H,17,21)(H,19,20)/t11-,13-/m1/s1. The Kier molecular flexibility index (Phi) is 4.50. The van der Waals surface area contributed by atoms with Crippen LogP contribution in [0.3, 0.4) is 0 Å². The van der Waals surface area contributed by atoms with Gasteiger partial charge < -0.3 is 15.3 Å². The van der Waals surface area contributed by atoms with Crippen molar-refractivity contribution in [1.29, 1.82) is 0 Å². The number of nitrogens with zero attached hydrogens (tertiary/aromatic N) is 1. The van der Waals surface area contributed by atoms with Crippen molar-refractivity contribution in [2.45, 2.75) is 27.2 Å². The minimum Gasteiger partial charge on any atom is -0.481 e. The van der Waals surface area contributed by atoms with Crippen LogP contribution in [0.4, 0.5) is 10.5 Å². The monoisotopic (exact) mass is 290 g/mol. The zero-order valence-electron chi connectivity index (χ0n) is 12.7. The molecule has 2 N–H and O–H groups in total. The van der Waals surface area contributed by atoms with E-state index in [1.165, 1.54) is 0 Å². The molecular formula is C16H22N2O3. The maximum atomic E-state index is 12.4. The SMILES string of the molecule is CCc1cccc(C)c1NC(=O)N1C[C@@H](C)[C@H](C(=O)O)C1. The molecule has 1 saturated heterocycles. The molecule has 2 atom stereocenters. The van der Waals surface area contributed by atoms with E-state index in [1.54, 1.807) is 4.90 Å². The second-order valence-electron chi connectivity index (χ2n) is 5.72. The molecule has 0 unspecified atom stereocenters. The molecule has 0 bridgehead atoms. The number of carbonyl (C=O) groups is 2. The van der Waals surface area contributed by atoms with Crippen LogP contribution >= 0.6 is 0 Å². The summed E-state index contributed by atoms with van der Waals surface area (Å²) in [7, 11) is 0. The number of hydrogen-bond acceptors (Lipinski definition) is 2. The molecule has 0 spiro atoms. The average molecular weight is 290 g/mol. The number of amides is 2. The van der Waals surface area contributed by atoms with E-state index in [-0.39, 0.29) is 18.5 Å². The van der Waals surface area contributed by atoms with Gasteiger partial charge in [-0.1, -0.05) is 32.0 Å². The van der Waals surface area contributed by atoms with E-state index < -0.39 is 11.9 Å². The van der Waals surface area contributed by atoms with Gasteiger partial charge in [0.25, 0.3) is 0 Å². The van der Waals surface area contributed by atoms with Crippen LogP contribution in [0, 0.1) is 18.8 Å². The highest BCUT2D eigenvalue weighted by atomic mass is 16.4. The van der Waals surface area contributed by atoms with Gasteiger partial charge in [-0.05, 0) is 30.4 Å². The molecular weight excluding hydrogens is 268 g/mol. The Morgan fingerprint density at radius 1 is 1.38 bits per heavy atom. The third-order valence-electron chi connectivity index (χ3n) is 4.19. The summed E-state index contributed by atoms with van der Waals surface area (Å²) in [4.78, 5) is 25.1. The number of anilines is 1. The molecule has 1 aromatic rings. The van der Waals surface area contributed by atoms with Crippen LogP contribution in [0.15, 0.2) is 18.2 Å². The largest absolute Gasteiger partial charge is 0.481 e. The lowest BCUT2D eigenvalue weighted by atomic mass is 9.99. The van der Waals surface area contributed by atoms with Crippen LogP contribution < -0.4 is 5.32 Å². The fourth-order valence-electron chi connectivity index (χ4n) is 2.84. The Bertz CT molecular complexity index is 556. The first-order valence-corrected chi connectivity index (χ1v) is 7.31. The maximum absolute atomic E-state index is 12.4. The second kappa shape index (κ2) is 6.16. The molecule has 2 amide bonds. The summed E-state index contributed by atoms with van der Waals surface area (Å²) in [6.45, 7) is 6.63. The lowest BCUT2D eigenvalue weighted by Gasteiger charge is -2.19. The third kappa shape index (κ3) is 3.17. The lowest BCUT2D eigenvalue weighted by Crippen LogP contribution is -2.34. The molecule has 5 heteroatoms. The van der Waals surface area contributed by atoms with Crippen molar-refractivity contribution < 1.29 is 14.7 Å². The topological polar surface area (TPSA) is 69.6 Å². The fraction of sp³-hybridized carbons (Fsp3) is 0.500. The number of urea groups is 1. The molecule has 1 aliphatic heterocycles. The van der Waals surface area contributed by atoms with Crippen molar-refractivity contribution in [3.8, 4) is 0 Å². The van der Waals surface area contributed by atoms with Crippen LogP contribution in [-0.4, -0.2) is 35.1 Å². The number of carboxylic acids is 1. The predicted molar refractivity (Wildman–Crippen MR) is 81.4 cm³/mol. The molecule has 1 heterocycles. The highest BCUT2D eigenvalue weighted by Gasteiger charge is 2.37. The van der Waals surface area contributed by atoms with Gasteiger partial charge in [0.05, 0.1) is 5.92 Å². The number of hydrogen-bond donors (Lipinski definition) is 2. The molecule has 0 aliphatic carbocycles. The van der Waals surface area contributed by atoms with E-state index in [0.29, 0.717) is 6.54 Å². The van der Waals surface area contributed by atoms with E-state index in [9.17, 15) is 9.59 Å². The smallest absolute Gasteiger partial charge is 0.321 e. The van der Waals surface area contributed by atoms with Gasteiger partial charge in [-0.15, -0.1) is 0 Å². The summed E-state index contributed by atoms with van der Waals surface area (Å²) in [5, 5.41) is 12.1. The van der Waals surface area contributed by atoms with E-state index in [1.807, 2.05) is 39.0 Å². The predicted octanol–water partition coefficient (Wildman–Crippen LogP) is 2.74. The molecule has 0 aromatic heterocycles. The van der Waals surface area contributed by atoms with Gasteiger partial charge in [-0.3, -0.25) is 4.79 Å². The number of carboxylic acid groups (broad SMARTS) is 1. The Morgan fingerprint density at radius 2 is 2.10 bits per heavy atom. The van der Waals surface area contributed by atoms with Crippen LogP contribution in [0.25, 0.3) is 0 Å². The van der Waals surface area contributed by atoms with Gasteiger partial charge in [0, 0.05) is 18.8 Å². The third-order valence-corrected chi connectivity index (χ3v) is 4.19. The van der Waals surface area contributed by atoms with Crippen LogP contribution in [0.1, 0.15) is 25.0 Å². The van der Waals surface area contributed by atoms with Gasteiger partial charge in [0.1, 0.15) is 0 Å². The van der Waals surface area contributed by atoms with Gasteiger partial charge in [-0.2, -0.15) is 0 Å². The second-order valence-corrected chi connectivity index (χ2v) is 5.72. The summed E-state index contributed by atoms with van der Waals surface area (Å²) in [6, 6.07) is 5.72. The first kappa shape index (κ1) is 15.4. The van der Waals surface area contributed by atoms with Crippen molar-refractivity contribution in [1.82, 2.24) is 4.90 Å². The van der Waals surface area contributed by atoms with E-state index >= 15 is 0 Å². The average Bonchev–Trinajstić information content (AvgIpc) is 2.83. The van der Waals surface area contributed by atoms with Gasteiger partial charge in [0.15, 0.2) is 0 Å². The Labute approximate surface area is 125 Å². The summed E-state index contributed by atoms with van der Waals surface area (Å²) in [5.74, 6) is -1.32. The maximum Gasteiger partial charge on any atom is 0.321 e. The summed E-state index contributed by atoms with van der Waals surface area (Å²) < 4.78 is 0. The van der Waals surface area contributed by atoms with Crippen molar-refractivity contribution in [2.75, 3.05) is 18.4 Å². The molecule has 5 nitrogen and oxygen atoms in total. The molecule has 1 fully saturated rings. The van der Waals surface area contributed by atoms with Crippen molar-refractivity contribution >= 4 is 17.7 Å². The first-order chi connectivity index (χ1) is 9.93. The normalized spacial score (nSPS) is 21.4. The Morgan fingerprint density at radius 3 is 2.67 bits per heavy atom. The molecule has 1 aromatic carbocycles. The highest BCUT2D eigenvalue weighted by molar-refractivity contribution is 5.91. The first-order valence-electron chi connectivity index (χ1n) is 7.31. The lowest BCUT2D eigenvalue weighted by molar-refractivity contribution is -0.142. The quantitative estimate of drug-likeness (QED) is 0.899. The summed E-state index contributed by atoms with van der Waals surface area (Å²) in [6.07, 6.45) is 0.839. The number of nitrogens with one attached hydrogen (secondary N) is 1. The fourth-order valence-corrected chi connectivity index (χ4v) is 2.84. The molecule has 2 rings (SSSR count). The van der Waals surface area contributed by atoms with Gasteiger partial charge in [-0.25, -0.2) is 4.79 Å². The Hall–Kier alpha value is -2.04. The van der Waals surface area contributed by atoms with Crippen molar-refractivity contribution in [3.63, 3.8) is 0 Å². The number of rotatable bonds is 3. The zero-order valence-corrected chi connectivity index (χ0v) is 12.7. The minimum absolute atomic E-state index is 0.0178. The van der Waals surface area contributed by atoms with E-state index in [4.69, 9.17) is 5.11 Å². The van der Waals surface area contributed by atoms with Crippen molar-refractivity contribution in [3.05, 3.63) is 29.3 Å². The summed E-state index contributed by atoms with van der Waals surface area (Å²) >= 11 is 0. The number of aliphatic carboxylic acids is 1.